The molecule has 120 valence electrons. The highest BCUT2D eigenvalue weighted by Crippen LogP contribution is 2.20. The van der Waals surface area contributed by atoms with Crippen LogP contribution in [0.25, 0.3) is 0 Å². The molecular weight excluding hydrogens is 292 g/mol. The number of nitrogens with one attached hydrogen (secondary N) is 1. The molecule has 21 heavy (non-hydrogen) atoms. The van der Waals surface area contributed by atoms with Crippen LogP contribution in [0.2, 0.25) is 0 Å². The predicted molar refractivity (Wildman–Crippen MR) is 79.5 cm³/mol. The molecule has 1 aliphatic heterocycles. The Balaban J connectivity index is 2.18. The van der Waals surface area contributed by atoms with Crippen LogP contribution in [0.5, 0.6) is 0 Å². The molecule has 0 aliphatic carbocycles. The van der Waals surface area contributed by atoms with Crippen molar-refractivity contribution in [3.8, 4) is 0 Å². The van der Waals surface area contributed by atoms with Crippen molar-refractivity contribution < 1.29 is 13.5 Å². The van der Waals surface area contributed by atoms with Gasteiger partial charge >= 0.3 is 0 Å². The van der Waals surface area contributed by atoms with Crippen LogP contribution in [0.1, 0.15) is 25.6 Å². The van der Waals surface area contributed by atoms with Crippen molar-refractivity contribution in [1.29, 1.82) is 0 Å². The van der Waals surface area contributed by atoms with E-state index in [0.717, 1.165) is 13.0 Å². The SMILES string of the molecule is CCCn1cc(S(=O)(=O)N(C)CC2(O)CCNC2)nc1C. The van der Waals surface area contributed by atoms with Gasteiger partial charge in [-0.3, -0.25) is 0 Å². The fourth-order valence-electron chi connectivity index (χ4n) is 2.60. The Bertz CT molecular complexity index is 591. The molecule has 1 unspecified atom stereocenters. The summed E-state index contributed by atoms with van der Waals surface area (Å²) in [6, 6.07) is 0. The minimum Gasteiger partial charge on any atom is -0.387 e. The molecule has 1 aromatic rings. The lowest BCUT2D eigenvalue weighted by molar-refractivity contribution is 0.0462. The van der Waals surface area contributed by atoms with Crippen LogP contribution >= 0.6 is 0 Å². The van der Waals surface area contributed by atoms with Gasteiger partial charge in [-0.1, -0.05) is 6.92 Å². The van der Waals surface area contributed by atoms with Gasteiger partial charge in [0, 0.05) is 32.9 Å². The van der Waals surface area contributed by atoms with Crippen molar-refractivity contribution >= 4 is 10.0 Å². The smallest absolute Gasteiger partial charge is 0.261 e. The maximum absolute atomic E-state index is 12.6. The second-order valence-electron chi connectivity index (χ2n) is 5.73. The van der Waals surface area contributed by atoms with E-state index in [1.165, 1.54) is 11.4 Å². The lowest BCUT2D eigenvalue weighted by Gasteiger charge is -2.26. The van der Waals surface area contributed by atoms with Crippen LogP contribution in [-0.2, 0) is 16.6 Å². The topological polar surface area (TPSA) is 87.5 Å². The highest BCUT2D eigenvalue weighted by molar-refractivity contribution is 7.89. The first-order chi connectivity index (χ1) is 9.78. The molecule has 2 N–H and O–H groups in total. The average Bonchev–Trinajstić information content (AvgIpc) is 2.98. The number of likely N-dealkylation sites (N-methyl/N-ethyl adjacent to an activating group) is 1. The normalized spacial score (nSPS) is 23.1. The van der Waals surface area contributed by atoms with Crippen LogP contribution in [0.15, 0.2) is 11.2 Å². The molecule has 0 radical (unpaired) electrons. The van der Waals surface area contributed by atoms with E-state index in [0.29, 0.717) is 25.3 Å². The number of sulfonamides is 1. The van der Waals surface area contributed by atoms with E-state index in [2.05, 4.69) is 10.3 Å². The van der Waals surface area contributed by atoms with Crippen molar-refractivity contribution in [2.24, 2.45) is 0 Å². The van der Waals surface area contributed by atoms with Crippen LogP contribution in [-0.4, -0.2) is 59.7 Å². The zero-order valence-electron chi connectivity index (χ0n) is 12.8. The van der Waals surface area contributed by atoms with Gasteiger partial charge in [0.1, 0.15) is 5.82 Å². The Labute approximate surface area is 126 Å². The molecule has 0 aromatic carbocycles. The third-order valence-corrected chi connectivity index (χ3v) is 5.51. The molecule has 2 rings (SSSR count). The van der Waals surface area contributed by atoms with Gasteiger partial charge < -0.3 is 15.0 Å². The summed E-state index contributed by atoms with van der Waals surface area (Å²) in [6.45, 7) is 5.75. The minimum atomic E-state index is -3.67. The molecule has 0 amide bonds. The van der Waals surface area contributed by atoms with Crippen molar-refractivity contribution in [2.75, 3.05) is 26.7 Å². The maximum atomic E-state index is 12.6. The van der Waals surface area contributed by atoms with Crippen molar-refractivity contribution in [3.05, 3.63) is 12.0 Å². The summed E-state index contributed by atoms with van der Waals surface area (Å²) in [7, 11) is -2.19. The molecule has 1 aliphatic rings. The number of hydrogen-bond donors (Lipinski definition) is 2. The number of imidazole rings is 1. The number of aliphatic hydroxyl groups is 1. The van der Waals surface area contributed by atoms with E-state index in [1.807, 2.05) is 11.5 Å². The number of aryl methyl sites for hydroxylation is 2. The van der Waals surface area contributed by atoms with E-state index in [-0.39, 0.29) is 11.6 Å². The standard InChI is InChI=1S/C13H24N4O3S/c1-4-7-17-8-12(15-11(17)2)21(19,20)16(3)10-13(18)5-6-14-9-13/h8,14,18H,4-7,9-10H2,1-3H3. The summed E-state index contributed by atoms with van der Waals surface area (Å²) in [5.74, 6) is 0.685. The van der Waals surface area contributed by atoms with E-state index in [1.54, 1.807) is 13.1 Å². The Hall–Kier alpha value is -0.960. The summed E-state index contributed by atoms with van der Waals surface area (Å²) in [6.07, 6.45) is 3.04. The minimum absolute atomic E-state index is 0.0468. The Morgan fingerprint density at radius 1 is 1.57 bits per heavy atom. The van der Waals surface area contributed by atoms with Gasteiger partial charge in [0.25, 0.3) is 10.0 Å². The summed E-state index contributed by atoms with van der Waals surface area (Å²) >= 11 is 0. The number of β-amino-alcohol motifs (C(OH)–C–C–N with tert-alkyl or cyclic N) is 1. The Kier molecular flexibility index (Phi) is 4.72. The van der Waals surface area contributed by atoms with E-state index in [9.17, 15) is 13.5 Å². The molecular formula is C13H24N4O3S. The first-order valence-corrected chi connectivity index (χ1v) is 8.66. The molecule has 1 aromatic heterocycles. The van der Waals surface area contributed by atoms with Crippen molar-refractivity contribution in [3.63, 3.8) is 0 Å². The zero-order chi connectivity index (χ0) is 15.7. The van der Waals surface area contributed by atoms with Gasteiger partial charge in [0.2, 0.25) is 0 Å². The molecule has 0 saturated carbocycles. The largest absolute Gasteiger partial charge is 0.387 e. The second kappa shape index (κ2) is 6.04. The fraction of sp³-hybridized carbons (Fsp3) is 0.769. The first-order valence-electron chi connectivity index (χ1n) is 7.22. The highest BCUT2D eigenvalue weighted by atomic mass is 32.2. The van der Waals surface area contributed by atoms with Gasteiger partial charge in [-0.05, 0) is 26.3 Å². The Morgan fingerprint density at radius 3 is 2.86 bits per heavy atom. The van der Waals surface area contributed by atoms with Gasteiger partial charge in [0.05, 0.1) is 5.60 Å². The number of aromatic nitrogens is 2. The fourth-order valence-corrected chi connectivity index (χ4v) is 3.83. The van der Waals surface area contributed by atoms with Crippen LogP contribution in [0.3, 0.4) is 0 Å². The monoisotopic (exact) mass is 316 g/mol. The molecule has 8 heteroatoms. The van der Waals surface area contributed by atoms with Crippen LogP contribution in [0.4, 0.5) is 0 Å². The van der Waals surface area contributed by atoms with Crippen molar-refractivity contribution in [1.82, 2.24) is 19.2 Å². The summed E-state index contributed by atoms with van der Waals surface area (Å²) < 4.78 is 28.1. The third-order valence-electron chi connectivity index (χ3n) is 3.83. The molecule has 1 atom stereocenters. The maximum Gasteiger partial charge on any atom is 0.261 e. The average molecular weight is 316 g/mol. The second-order valence-corrected chi connectivity index (χ2v) is 7.72. The third kappa shape index (κ3) is 3.45. The Morgan fingerprint density at radius 2 is 2.29 bits per heavy atom. The number of hydrogen-bond acceptors (Lipinski definition) is 5. The van der Waals surface area contributed by atoms with Crippen LogP contribution in [0, 0.1) is 6.92 Å². The summed E-state index contributed by atoms with van der Waals surface area (Å²) in [5.41, 5.74) is -0.997. The summed E-state index contributed by atoms with van der Waals surface area (Å²) in [5, 5.41) is 13.4. The van der Waals surface area contributed by atoms with Gasteiger partial charge in [-0.25, -0.2) is 13.4 Å². The number of rotatable bonds is 6. The molecule has 7 nitrogen and oxygen atoms in total. The van der Waals surface area contributed by atoms with E-state index < -0.39 is 15.6 Å². The van der Waals surface area contributed by atoms with Crippen molar-refractivity contribution in [2.45, 2.75) is 43.9 Å². The zero-order valence-corrected chi connectivity index (χ0v) is 13.7. The van der Waals surface area contributed by atoms with E-state index in [4.69, 9.17) is 0 Å². The van der Waals surface area contributed by atoms with Gasteiger partial charge in [-0.15, -0.1) is 0 Å². The van der Waals surface area contributed by atoms with Gasteiger partial charge in [-0.2, -0.15) is 4.31 Å². The number of nitrogens with zero attached hydrogens (tertiary/aromatic N) is 3. The van der Waals surface area contributed by atoms with E-state index >= 15 is 0 Å². The molecule has 1 saturated heterocycles. The lowest BCUT2D eigenvalue weighted by atomic mass is 10.0. The molecule has 1 fully saturated rings. The van der Waals surface area contributed by atoms with Gasteiger partial charge in [0.15, 0.2) is 5.03 Å². The molecule has 0 spiro atoms. The predicted octanol–water partition coefficient (Wildman–Crippen LogP) is -0.0536. The molecule has 2 heterocycles. The molecule has 0 bridgehead atoms. The van der Waals surface area contributed by atoms with Crippen LogP contribution < -0.4 is 5.32 Å². The first kappa shape index (κ1) is 16.4. The quantitative estimate of drug-likeness (QED) is 0.768. The highest BCUT2D eigenvalue weighted by Gasteiger charge is 2.36. The lowest BCUT2D eigenvalue weighted by Crippen LogP contribution is -2.45. The summed E-state index contributed by atoms with van der Waals surface area (Å²) in [4.78, 5) is 4.16.